The van der Waals surface area contributed by atoms with Gasteiger partial charge in [-0.05, 0) is 24.5 Å². The smallest absolute Gasteiger partial charge is 0.339 e. The maximum absolute atomic E-state index is 12.6. The lowest BCUT2D eigenvalue weighted by atomic mass is 10.0. The van der Waals surface area contributed by atoms with Crippen LogP contribution in [0.2, 0.25) is 0 Å². The highest BCUT2D eigenvalue weighted by molar-refractivity contribution is 7.89. The highest BCUT2D eigenvalue weighted by Crippen LogP contribution is 2.20. The van der Waals surface area contributed by atoms with Gasteiger partial charge >= 0.3 is 5.97 Å². The Morgan fingerprint density at radius 3 is 2.39 bits per heavy atom. The van der Waals surface area contributed by atoms with Crippen LogP contribution in [0.1, 0.15) is 30.6 Å². The van der Waals surface area contributed by atoms with Gasteiger partial charge in [-0.1, -0.05) is 26.0 Å². The average Bonchev–Trinajstić information content (AvgIpc) is 2.51. The minimum absolute atomic E-state index is 0. The Balaban J connectivity index is 0.00000484. The Bertz CT molecular complexity index is 620. The second-order valence-electron chi connectivity index (χ2n) is 5.51. The van der Waals surface area contributed by atoms with Gasteiger partial charge in [0.15, 0.2) is 0 Å². The van der Waals surface area contributed by atoms with E-state index >= 15 is 0 Å². The molecule has 23 heavy (non-hydrogen) atoms. The van der Waals surface area contributed by atoms with Gasteiger partial charge in [0.2, 0.25) is 10.0 Å². The summed E-state index contributed by atoms with van der Waals surface area (Å²) in [6.07, 6.45) is 0.549. The molecule has 8 heteroatoms. The van der Waals surface area contributed by atoms with Gasteiger partial charge in [0, 0.05) is 19.6 Å². The zero-order chi connectivity index (χ0) is 16.9. The van der Waals surface area contributed by atoms with Crippen LogP contribution < -0.4 is 5.73 Å². The number of ether oxygens (including phenoxy) is 1. The third kappa shape index (κ3) is 5.46. The number of rotatable bonds is 7. The summed E-state index contributed by atoms with van der Waals surface area (Å²) >= 11 is 0. The zero-order valence-corrected chi connectivity index (χ0v) is 15.5. The molecule has 0 aromatic heterocycles. The topological polar surface area (TPSA) is 89.7 Å². The van der Waals surface area contributed by atoms with Crippen molar-refractivity contribution in [3.05, 3.63) is 29.8 Å². The second kappa shape index (κ2) is 9.22. The van der Waals surface area contributed by atoms with Gasteiger partial charge in [0.1, 0.15) is 0 Å². The molecule has 0 saturated carbocycles. The van der Waals surface area contributed by atoms with Gasteiger partial charge in [0.25, 0.3) is 0 Å². The maximum atomic E-state index is 12.6. The molecular weight excluding hydrogens is 340 g/mol. The van der Waals surface area contributed by atoms with Crippen molar-refractivity contribution in [1.82, 2.24) is 4.31 Å². The summed E-state index contributed by atoms with van der Waals surface area (Å²) in [5, 5.41) is 0. The van der Waals surface area contributed by atoms with Crippen molar-refractivity contribution in [2.75, 3.05) is 20.7 Å². The van der Waals surface area contributed by atoms with E-state index in [4.69, 9.17) is 5.73 Å². The van der Waals surface area contributed by atoms with Gasteiger partial charge < -0.3 is 10.5 Å². The monoisotopic (exact) mass is 364 g/mol. The summed E-state index contributed by atoms with van der Waals surface area (Å²) in [6, 6.07) is 5.94. The van der Waals surface area contributed by atoms with Crippen molar-refractivity contribution in [3.8, 4) is 0 Å². The lowest BCUT2D eigenvalue weighted by molar-refractivity contribution is 0.0596. The first-order chi connectivity index (χ1) is 10.2. The van der Waals surface area contributed by atoms with Gasteiger partial charge in [-0.25, -0.2) is 17.5 Å². The lowest BCUT2D eigenvalue weighted by Crippen LogP contribution is -2.35. The third-order valence-corrected chi connectivity index (χ3v) is 5.53. The molecule has 1 unspecified atom stereocenters. The Morgan fingerprint density at radius 1 is 1.30 bits per heavy atom. The van der Waals surface area contributed by atoms with Crippen molar-refractivity contribution < 1.29 is 17.9 Å². The van der Waals surface area contributed by atoms with Crippen LogP contribution in [-0.4, -0.2) is 45.4 Å². The summed E-state index contributed by atoms with van der Waals surface area (Å²) in [5.41, 5.74) is 5.98. The predicted molar refractivity (Wildman–Crippen MR) is 92.3 cm³/mol. The zero-order valence-electron chi connectivity index (χ0n) is 13.9. The van der Waals surface area contributed by atoms with E-state index in [1.165, 1.54) is 30.6 Å². The molecule has 0 aliphatic carbocycles. The van der Waals surface area contributed by atoms with Crippen LogP contribution in [0.3, 0.4) is 0 Å². The van der Waals surface area contributed by atoms with Gasteiger partial charge in [-0.15, -0.1) is 12.4 Å². The Hall–Kier alpha value is -1.15. The van der Waals surface area contributed by atoms with E-state index in [-0.39, 0.29) is 41.4 Å². The van der Waals surface area contributed by atoms with Crippen LogP contribution in [0.25, 0.3) is 0 Å². The van der Waals surface area contributed by atoms with Crippen LogP contribution in [0.5, 0.6) is 0 Å². The standard InChI is InChI=1S/C15H24N2O4S.ClH/c1-11(2)13(16)9-10-17(3)22(19,20)14-8-6-5-7-12(14)15(18)21-4;/h5-8,11,13H,9-10,16H2,1-4H3;1H. The number of halogens is 1. The molecule has 1 atom stereocenters. The molecule has 0 radical (unpaired) electrons. The minimum Gasteiger partial charge on any atom is -0.465 e. The number of hydrogen-bond acceptors (Lipinski definition) is 5. The number of carbonyl (C=O) groups is 1. The van der Waals surface area contributed by atoms with Crippen molar-refractivity contribution in [3.63, 3.8) is 0 Å². The predicted octanol–water partition coefficient (Wildman–Crippen LogP) is 1.89. The van der Waals surface area contributed by atoms with E-state index in [0.29, 0.717) is 6.42 Å². The fraction of sp³-hybridized carbons (Fsp3) is 0.533. The van der Waals surface area contributed by atoms with Crippen molar-refractivity contribution in [1.29, 1.82) is 0 Å². The molecule has 2 N–H and O–H groups in total. The van der Waals surface area contributed by atoms with E-state index in [2.05, 4.69) is 4.74 Å². The van der Waals surface area contributed by atoms with Gasteiger partial charge in [0.05, 0.1) is 17.6 Å². The van der Waals surface area contributed by atoms with E-state index in [1.54, 1.807) is 12.1 Å². The molecule has 0 bridgehead atoms. The highest BCUT2D eigenvalue weighted by Gasteiger charge is 2.27. The molecule has 1 aromatic rings. The number of sulfonamides is 1. The first-order valence-electron chi connectivity index (χ1n) is 7.11. The van der Waals surface area contributed by atoms with Crippen LogP contribution in [-0.2, 0) is 14.8 Å². The molecule has 0 aliphatic heterocycles. The molecule has 0 aliphatic rings. The van der Waals surface area contributed by atoms with Crippen LogP contribution >= 0.6 is 12.4 Å². The number of esters is 1. The fourth-order valence-electron chi connectivity index (χ4n) is 1.92. The number of hydrogen-bond donors (Lipinski definition) is 1. The summed E-state index contributed by atoms with van der Waals surface area (Å²) in [5.74, 6) is -0.398. The molecule has 0 heterocycles. The van der Waals surface area contributed by atoms with E-state index < -0.39 is 16.0 Å². The van der Waals surface area contributed by atoms with Crippen LogP contribution in [0.4, 0.5) is 0 Å². The normalized spacial score (nSPS) is 12.8. The molecule has 6 nitrogen and oxygen atoms in total. The first kappa shape index (κ1) is 21.9. The van der Waals surface area contributed by atoms with Crippen LogP contribution in [0.15, 0.2) is 29.2 Å². The number of methoxy groups -OCH3 is 1. The largest absolute Gasteiger partial charge is 0.465 e. The molecule has 0 amide bonds. The van der Waals surface area contributed by atoms with Crippen molar-refractivity contribution >= 4 is 28.4 Å². The maximum Gasteiger partial charge on any atom is 0.339 e. The van der Waals surface area contributed by atoms with E-state index in [9.17, 15) is 13.2 Å². The van der Waals surface area contributed by atoms with E-state index in [0.717, 1.165) is 0 Å². The molecule has 132 valence electrons. The average molecular weight is 365 g/mol. The number of nitrogens with two attached hydrogens (primary N) is 1. The van der Waals surface area contributed by atoms with Gasteiger partial charge in [-0.2, -0.15) is 0 Å². The van der Waals surface area contributed by atoms with Crippen molar-refractivity contribution in [2.24, 2.45) is 11.7 Å². The summed E-state index contributed by atoms with van der Waals surface area (Å²) in [6.45, 7) is 4.27. The first-order valence-corrected chi connectivity index (χ1v) is 8.55. The second-order valence-corrected chi connectivity index (χ2v) is 7.52. The highest BCUT2D eigenvalue weighted by atomic mass is 35.5. The number of carbonyl (C=O) groups excluding carboxylic acids is 1. The fourth-order valence-corrected chi connectivity index (χ4v) is 3.28. The number of benzene rings is 1. The Kier molecular flexibility index (Phi) is 8.76. The Morgan fingerprint density at radius 2 is 1.87 bits per heavy atom. The molecular formula is C15H25ClN2O4S. The molecule has 1 aromatic carbocycles. The molecule has 1 rings (SSSR count). The summed E-state index contributed by atoms with van der Waals surface area (Å²) in [4.78, 5) is 11.7. The third-order valence-electron chi connectivity index (χ3n) is 3.61. The molecule has 0 saturated heterocycles. The molecule has 0 spiro atoms. The summed E-state index contributed by atoms with van der Waals surface area (Å²) < 4.78 is 31.1. The quantitative estimate of drug-likeness (QED) is 0.746. The minimum atomic E-state index is -3.77. The van der Waals surface area contributed by atoms with E-state index in [1.807, 2.05) is 13.8 Å². The SMILES string of the molecule is COC(=O)c1ccccc1S(=O)(=O)N(C)CCC(N)C(C)C.Cl. The lowest BCUT2D eigenvalue weighted by Gasteiger charge is -2.22. The Labute approximate surface area is 144 Å². The number of nitrogens with zero attached hydrogens (tertiary/aromatic N) is 1. The molecule has 0 fully saturated rings. The summed E-state index contributed by atoms with van der Waals surface area (Å²) in [7, 11) is -1.07. The van der Waals surface area contributed by atoms with Crippen molar-refractivity contribution in [2.45, 2.75) is 31.2 Å². The van der Waals surface area contributed by atoms with Gasteiger partial charge in [-0.3, -0.25) is 0 Å². The van der Waals surface area contributed by atoms with Crippen LogP contribution in [0, 0.1) is 5.92 Å².